The Morgan fingerprint density at radius 3 is 1.20 bits per heavy atom. The molecule has 2 radical (unpaired) electrons. The van der Waals surface area contributed by atoms with Crippen molar-refractivity contribution in [2.75, 3.05) is 0 Å². The molecule has 0 atom stereocenters. The van der Waals surface area contributed by atoms with E-state index in [0.717, 1.165) is 25.7 Å². The molecule has 0 saturated heterocycles. The molecule has 0 saturated carbocycles. The largest absolute Gasteiger partial charge is 2.00 e. The van der Waals surface area contributed by atoms with Gasteiger partial charge in [-0.1, -0.05) is 26.7 Å². The maximum Gasteiger partial charge on any atom is 2.00 e. The van der Waals surface area contributed by atoms with E-state index in [4.69, 9.17) is 0 Å². The second-order valence-corrected chi connectivity index (χ2v) is 2.95. The first-order valence-corrected chi connectivity index (χ1v) is 4.94. The molecule has 0 aliphatic carbocycles. The number of carboxylic acids is 2. The van der Waals surface area contributed by atoms with Crippen LogP contribution >= 0.6 is 0 Å². The van der Waals surface area contributed by atoms with Crippen LogP contribution < -0.4 is 10.2 Å². The SMILES string of the molecule is CCCCC(=O)[O-].CCCCC(=O)[O-].[Sn+2]. The van der Waals surface area contributed by atoms with Crippen LogP contribution in [0.5, 0.6) is 0 Å². The zero-order valence-electron chi connectivity index (χ0n) is 9.38. The normalized spacial score (nSPS) is 8.13. The topological polar surface area (TPSA) is 80.3 Å². The number of carbonyl (C=O) groups is 2. The van der Waals surface area contributed by atoms with Crippen molar-refractivity contribution in [2.24, 2.45) is 0 Å². The van der Waals surface area contributed by atoms with Crippen molar-refractivity contribution in [3.8, 4) is 0 Å². The predicted octanol–water partition coefficient (Wildman–Crippen LogP) is -0.528. The summed E-state index contributed by atoms with van der Waals surface area (Å²) in [6, 6.07) is 0. The van der Waals surface area contributed by atoms with Crippen LogP contribution in [0.15, 0.2) is 0 Å². The van der Waals surface area contributed by atoms with Crippen LogP contribution in [0.1, 0.15) is 52.4 Å². The summed E-state index contributed by atoms with van der Waals surface area (Å²) < 4.78 is 0. The smallest absolute Gasteiger partial charge is 0.550 e. The van der Waals surface area contributed by atoms with Crippen molar-refractivity contribution in [1.29, 1.82) is 0 Å². The van der Waals surface area contributed by atoms with Gasteiger partial charge in [-0.05, 0) is 25.7 Å². The molecule has 0 amide bonds. The van der Waals surface area contributed by atoms with E-state index in [1.807, 2.05) is 13.8 Å². The third kappa shape index (κ3) is 31.6. The minimum atomic E-state index is -0.943. The van der Waals surface area contributed by atoms with Crippen molar-refractivity contribution in [3.63, 3.8) is 0 Å². The molecule has 0 bridgehead atoms. The first kappa shape index (κ1) is 20.2. The molecule has 0 aliphatic rings. The van der Waals surface area contributed by atoms with Gasteiger partial charge in [0.15, 0.2) is 0 Å². The van der Waals surface area contributed by atoms with Crippen LogP contribution in [0, 0.1) is 0 Å². The average Bonchev–Trinajstić information content (AvgIpc) is 2.12. The van der Waals surface area contributed by atoms with Crippen LogP contribution in [0.25, 0.3) is 0 Å². The number of rotatable bonds is 6. The number of carbonyl (C=O) groups excluding carboxylic acids is 2. The van der Waals surface area contributed by atoms with Gasteiger partial charge in [0.1, 0.15) is 0 Å². The summed E-state index contributed by atoms with van der Waals surface area (Å²) in [4.78, 5) is 19.3. The van der Waals surface area contributed by atoms with E-state index in [2.05, 4.69) is 0 Å². The summed E-state index contributed by atoms with van der Waals surface area (Å²) in [5.41, 5.74) is 0. The first-order valence-electron chi connectivity index (χ1n) is 4.94. The maximum atomic E-state index is 9.65. The Kier molecular flexibility index (Phi) is 21.8. The zero-order chi connectivity index (χ0) is 11.4. The fourth-order valence-electron chi connectivity index (χ4n) is 0.642. The van der Waals surface area contributed by atoms with E-state index >= 15 is 0 Å². The van der Waals surface area contributed by atoms with Gasteiger partial charge in [-0.25, -0.2) is 0 Å². The van der Waals surface area contributed by atoms with Crippen molar-refractivity contribution in [1.82, 2.24) is 0 Å². The Labute approximate surface area is 108 Å². The molecular weight excluding hydrogens is 303 g/mol. The van der Waals surface area contributed by atoms with Gasteiger partial charge >= 0.3 is 23.9 Å². The van der Waals surface area contributed by atoms with Crippen molar-refractivity contribution in [3.05, 3.63) is 0 Å². The standard InChI is InChI=1S/2C5H10O2.Sn/c2*1-2-3-4-5(6)7;/h2*2-4H2,1H3,(H,6,7);/q;;+2/p-2. The fraction of sp³-hybridized carbons (Fsp3) is 0.800. The molecule has 0 N–H and O–H groups in total. The van der Waals surface area contributed by atoms with Crippen LogP contribution in [0.2, 0.25) is 0 Å². The summed E-state index contributed by atoms with van der Waals surface area (Å²) in [5, 5.41) is 19.3. The average molecular weight is 321 g/mol. The molecule has 0 aromatic rings. The van der Waals surface area contributed by atoms with Gasteiger partial charge in [-0.3, -0.25) is 0 Å². The summed E-state index contributed by atoms with van der Waals surface area (Å²) >= 11 is 0. The van der Waals surface area contributed by atoms with E-state index in [9.17, 15) is 19.8 Å². The molecular formula is C10H18O4Sn. The molecule has 0 aliphatic heterocycles. The molecule has 0 aromatic carbocycles. The molecule has 0 rings (SSSR count). The van der Waals surface area contributed by atoms with Gasteiger partial charge in [0, 0.05) is 11.9 Å². The van der Waals surface area contributed by atoms with E-state index in [1.54, 1.807) is 0 Å². The third-order valence-electron chi connectivity index (χ3n) is 1.47. The van der Waals surface area contributed by atoms with Crippen LogP contribution in [0.4, 0.5) is 0 Å². The number of carboxylic acid groups (broad SMARTS) is 2. The van der Waals surface area contributed by atoms with Gasteiger partial charge in [0.05, 0.1) is 0 Å². The molecule has 0 aromatic heterocycles. The van der Waals surface area contributed by atoms with Gasteiger partial charge in [0.25, 0.3) is 0 Å². The molecule has 5 heteroatoms. The Morgan fingerprint density at radius 1 is 0.867 bits per heavy atom. The summed E-state index contributed by atoms with van der Waals surface area (Å²) in [6.45, 7) is 3.89. The van der Waals surface area contributed by atoms with Crippen LogP contribution in [-0.2, 0) is 9.59 Å². The first-order chi connectivity index (χ1) is 6.54. The van der Waals surface area contributed by atoms with E-state index in [0.29, 0.717) is 0 Å². The quantitative estimate of drug-likeness (QED) is 0.616. The number of unbranched alkanes of at least 4 members (excludes halogenated alkanes) is 2. The Hall–Kier alpha value is -0.261. The minimum Gasteiger partial charge on any atom is -0.550 e. The van der Waals surface area contributed by atoms with Crippen molar-refractivity contribution >= 4 is 35.8 Å². The van der Waals surface area contributed by atoms with Crippen LogP contribution in [0.3, 0.4) is 0 Å². The third-order valence-corrected chi connectivity index (χ3v) is 1.47. The van der Waals surface area contributed by atoms with Gasteiger partial charge in [0.2, 0.25) is 0 Å². The molecule has 4 nitrogen and oxygen atoms in total. The Morgan fingerprint density at radius 2 is 1.13 bits per heavy atom. The van der Waals surface area contributed by atoms with Crippen molar-refractivity contribution in [2.45, 2.75) is 52.4 Å². The second-order valence-electron chi connectivity index (χ2n) is 2.95. The van der Waals surface area contributed by atoms with E-state index < -0.39 is 11.9 Å². The number of hydrogen-bond acceptors (Lipinski definition) is 4. The van der Waals surface area contributed by atoms with E-state index in [-0.39, 0.29) is 36.7 Å². The Bertz CT molecular complexity index is 142. The fourth-order valence-corrected chi connectivity index (χ4v) is 0.642. The molecule has 0 fully saturated rings. The second kappa shape index (κ2) is 16.2. The Balaban J connectivity index is -0.000000180. The molecule has 15 heavy (non-hydrogen) atoms. The molecule has 86 valence electrons. The summed E-state index contributed by atoms with van der Waals surface area (Å²) in [6.07, 6.45) is 3.74. The maximum absolute atomic E-state index is 9.65. The number of aliphatic carboxylic acids is 2. The predicted molar refractivity (Wildman–Crippen MR) is 54.8 cm³/mol. The molecule has 0 heterocycles. The molecule has 0 spiro atoms. The monoisotopic (exact) mass is 322 g/mol. The molecule has 0 unspecified atom stereocenters. The van der Waals surface area contributed by atoms with Gasteiger partial charge in [-0.2, -0.15) is 0 Å². The van der Waals surface area contributed by atoms with Gasteiger partial charge < -0.3 is 19.8 Å². The minimum absolute atomic E-state index is 0. The summed E-state index contributed by atoms with van der Waals surface area (Å²) in [5.74, 6) is -1.89. The number of hydrogen-bond donors (Lipinski definition) is 0. The zero-order valence-corrected chi connectivity index (χ0v) is 12.2. The van der Waals surface area contributed by atoms with E-state index in [1.165, 1.54) is 0 Å². The van der Waals surface area contributed by atoms with Crippen molar-refractivity contribution < 1.29 is 19.8 Å². The van der Waals surface area contributed by atoms with Crippen LogP contribution in [-0.4, -0.2) is 35.8 Å². The summed E-state index contributed by atoms with van der Waals surface area (Å²) in [7, 11) is 0. The van der Waals surface area contributed by atoms with Gasteiger partial charge in [-0.15, -0.1) is 0 Å².